The molecule has 0 aliphatic rings. The molecule has 1 aromatic carbocycles. The first-order valence-electron chi connectivity index (χ1n) is 6.81. The van der Waals surface area contributed by atoms with Gasteiger partial charge in [-0.1, -0.05) is 26.2 Å². The Bertz CT molecular complexity index is 529. The maximum atomic E-state index is 9.48. The normalized spacial score (nSPS) is 10.8. The number of aryl methyl sites for hydroxylation is 1. The number of hydrogen-bond donors (Lipinski definition) is 2. The predicted molar refractivity (Wildman–Crippen MR) is 75.3 cm³/mol. The molecule has 0 atom stereocenters. The summed E-state index contributed by atoms with van der Waals surface area (Å²) in [5.74, 6) is 1.45. The van der Waals surface area contributed by atoms with Crippen LogP contribution >= 0.6 is 0 Å². The molecule has 102 valence electrons. The summed E-state index contributed by atoms with van der Waals surface area (Å²) in [6, 6.07) is 8.59. The number of phenols is 2. The van der Waals surface area contributed by atoms with Crippen molar-refractivity contribution in [1.82, 2.24) is 0 Å². The summed E-state index contributed by atoms with van der Waals surface area (Å²) in [7, 11) is 0. The number of phenolic OH excluding ortho intramolecular Hbond substituents is 2. The number of aromatic hydroxyl groups is 2. The first kappa shape index (κ1) is 13.5. The summed E-state index contributed by atoms with van der Waals surface area (Å²) in [5.41, 5.74) is 0.773. The van der Waals surface area contributed by atoms with Crippen molar-refractivity contribution in [2.45, 2.75) is 39.0 Å². The molecule has 0 radical (unpaired) electrons. The van der Waals surface area contributed by atoms with Crippen LogP contribution in [0.3, 0.4) is 0 Å². The molecule has 0 aliphatic carbocycles. The molecule has 0 spiro atoms. The molecule has 3 heteroatoms. The summed E-state index contributed by atoms with van der Waals surface area (Å²) in [6.45, 7) is 2.20. The van der Waals surface area contributed by atoms with Crippen LogP contribution in [0.2, 0.25) is 0 Å². The Hall–Kier alpha value is -1.90. The topological polar surface area (TPSA) is 53.6 Å². The molecule has 0 saturated heterocycles. The highest BCUT2D eigenvalue weighted by Crippen LogP contribution is 2.31. The molecule has 0 amide bonds. The summed E-state index contributed by atoms with van der Waals surface area (Å²) >= 11 is 0. The molecule has 19 heavy (non-hydrogen) atoms. The van der Waals surface area contributed by atoms with Gasteiger partial charge >= 0.3 is 0 Å². The third-order valence-corrected chi connectivity index (χ3v) is 3.20. The van der Waals surface area contributed by atoms with Gasteiger partial charge in [0.15, 0.2) is 11.5 Å². The van der Waals surface area contributed by atoms with E-state index >= 15 is 0 Å². The third kappa shape index (κ3) is 3.53. The highest BCUT2D eigenvalue weighted by molar-refractivity contribution is 5.62. The number of benzene rings is 1. The second-order valence-electron chi connectivity index (χ2n) is 4.78. The largest absolute Gasteiger partial charge is 0.504 e. The molecule has 3 nitrogen and oxygen atoms in total. The number of unbranched alkanes of at least 4 members (excludes halogenated alkanes) is 3. The number of rotatable bonds is 6. The van der Waals surface area contributed by atoms with Crippen molar-refractivity contribution in [1.29, 1.82) is 0 Å². The van der Waals surface area contributed by atoms with Gasteiger partial charge in [-0.2, -0.15) is 0 Å². The second kappa shape index (κ2) is 6.32. The van der Waals surface area contributed by atoms with Gasteiger partial charge in [0.25, 0.3) is 0 Å². The first-order valence-corrected chi connectivity index (χ1v) is 6.81. The minimum absolute atomic E-state index is 0.116. The van der Waals surface area contributed by atoms with Crippen LogP contribution < -0.4 is 0 Å². The van der Waals surface area contributed by atoms with Gasteiger partial charge in [-0.3, -0.25) is 0 Å². The van der Waals surface area contributed by atoms with Gasteiger partial charge in [-0.05, 0) is 36.8 Å². The molecule has 0 aliphatic heterocycles. The average molecular weight is 260 g/mol. The molecule has 0 fully saturated rings. The predicted octanol–water partition coefficient (Wildman–Crippen LogP) is 4.48. The molecule has 2 N–H and O–H groups in total. The van der Waals surface area contributed by atoms with Crippen LogP contribution in [0.5, 0.6) is 11.5 Å². The molecule has 0 bridgehead atoms. The fourth-order valence-corrected chi connectivity index (χ4v) is 2.07. The molecule has 2 aromatic rings. The lowest BCUT2D eigenvalue weighted by Crippen LogP contribution is -1.82. The molecule has 1 heterocycles. The highest BCUT2D eigenvalue weighted by atomic mass is 16.3. The maximum Gasteiger partial charge on any atom is 0.158 e. The van der Waals surface area contributed by atoms with E-state index in [1.54, 1.807) is 6.07 Å². The lowest BCUT2D eigenvalue weighted by molar-refractivity contribution is 0.403. The Labute approximate surface area is 113 Å². The number of furan rings is 1. The Morgan fingerprint density at radius 2 is 1.79 bits per heavy atom. The van der Waals surface area contributed by atoms with E-state index < -0.39 is 0 Å². The summed E-state index contributed by atoms with van der Waals surface area (Å²) in [6.07, 6.45) is 5.81. The van der Waals surface area contributed by atoms with Gasteiger partial charge in [-0.25, -0.2) is 0 Å². The lowest BCUT2D eigenvalue weighted by Gasteiger charge is -2.01. The summed E-state index contributed by atoms with van der Waals surface area (Å²) < 4.78 is 5.75. The van der Waals surface area contributed by atoms with E-state index in [0.29, 0.717) is 0 Å². The van der Waals surface area contributed by atoms with Crippen LogP contribution in [0, 0.1) is 0 Å². The van der Waals surface area contributed by atoms with E-state index in [1.165, 1.54) is 31.4 Å². The molecular weight excluding hydrogens is 240 g/mol. The van der Waals surface area contributed by atoms with Gasteiger partial charge in [0.1, 0.15) is 11.5 Å². The summed E-state index contributed by atoms with van der Waals surface area (Å²) in [5, 5.41) is 18.8. The van der Waals surface area contributed by atoms with Crippen molar-refractivity contribution in [2.75, 3.05) is 0 Å². The highest BCUT2D eigenvalue weighted by Gasteiger charge is 2.07. The van der Waals surface area contributed by atoms with Crippen molar-refractivity contribution in [3.63, 3.8) is 0 Å². The van der Waals surface area contributed by atoms with E-state index in [-0.39, 0.29) is 11.5 Å². The minimum Gasteiger partial charge on any atom is -0.504 e. The smallest absolute Gasteiger partial charge is 0.158 e. The van der Waals surface area contributed by atoms with Crippen molar-refractivity contribution < 1.29 is 14.6 Å². The molecule has 2 rings (SSSR count). The Kier molecular flexibility index (Phi) is 4.50. The fraction of sp³-hybridized carbons (Fsp3) is 0.375. The van der Waals surface area contributed by atoms with Crippen molar-refractivity contribution >= 4 is 0 Å². The maximum absolute atomic E-state index is 9.48. The van der Waals surface area contributed by atoms with E-state index in [4.69, 9.17) is 4.42 Å². The quantitative estimate of drug-likeness (QED) is 0.594. The molecule has 0 saturated carbocycles. The average Bonchev–Trinajstić information content (AvgIpc) is 2.87. The van der Waals surface area contributed by atoms with Crippen molar-refractivity contribution in [3.8, 4) is 22.8 Å². The monoisotopic (exact) mass is 260 g/mol. The van der Waals surface area contributed by atoms with E-state index in [9.17, 15) is 10.2 Å². The van der Waals surface area contributed by atoms with E-state index in [0.717, 1.165) is 29.9 Å². The minimum atomic E-state index is -0.126. The van der Waals surface area contributed by atoms with Crippen LogP contribution in [-0.2, 0) is 6.42 Å². The first-order chi connectivity index (χ1) is 9.20. The zero-order valence-corrected chi connectivity index (χ0v) is 11.2. The Morgan fingerprint density at radius 1 is 0.947 bits per heavy atom. The zero-order valence-electron chi connectivity index (χ0n) is 11.2. The number of hydrogen-bond acceptors (Lipinski definition) is 3. The van der Waals surface area contributed by atoms with E-state index in [1.807, 2.05) is 12.1 Å². The van der Waals surface area contributed by atoms with Crippen LogP contribution in [0.15, 0.2) is 34.7 Å². The SMILES string of the molecule is CCCCCCc1ccc(-c2ccc(O)c(O)c2)o1. The van der Waals surface area contributed by atoms with Crippen molar-refractivity contribution in [2.24, 2.45) is 0 Å². The standard InChI is InChI=1S/C16H20O3/c1-2-3-4-5-6-13-8-10-16(19-13)12-7-9-14(17)15(18)11-12/h7-11,17-18H,2-6H2,1H3. The molecular formula is C16H20O3. The Morgan fingerprint density at radius 3 is 2.53 bits per heavy atom. The zero-order chi connectivity index (χ0) is 13.7. The van der Waals surface area contributed by atoms with Crippen LogP contribution in [0.1, 0.15) is 38.4 Å². The van der Waals surface area contributed by atoms with Crippen molar-refractivity contribution in [3.05, 3.63) is 36.1 Å². The van der Waals surface area contributed by atoms with Gasteiger partial charge < -0.3 is 14.6 Å². The van der Waals surface area contributed by atoms with Gasteiger partial charge in [0.2, 0.25) is 0 Å². The molecule has 0 unspecified atom stereocenters. The van der Waals surface area contributed by atoms with Gasteiger partial charge in [0, 0.05) is 12.0 Å². The van der Waals surface area contributed by atoms with Crippen LogP contribution in [0.25, 0.3) is 11.3 Å². The Balaban J connectivity index is 2.01. The van der Waals surface area contributed by atoms with Crippen LogP contribution in [0.4, 0.5) is 0 Å². The third-order valence-electron chi connectivity index (χ3n) is 3.20. The summed E-state index contributed by atoms with van der Waals surface area (Å²) in [4.78, 5) is 0. The fourth-order valence-electron chi connectivity index (χ4n) is 2.07. The van der Waals surface area contributed by atoms with E-state index in [2.05, 4.69) is 6.92 Å². The van der Waals surface area contributed by atoms with Gasteiger partial charge in [0.05, 0.1) is 0 Å². The second-order valence-corrected chi connectivity index (χ2v) is 4.78. The van der Waals surface area contributed by atoms with Gasteiger partial charge in [-0.15, -0.1) is 0 Å². The molecule has 1 aromatic heterocycles. The van der Waals surface area contributed by atoms with Crippen LogP contribution in [-0.4, -0.2) is 10.2 Å². The lowest BCUT2D eigenvalue weighted by atomic mass is 10.1.